The van der Waals surface area contributed by atoms with Gasteiger partial charge >= 0.3 is 6.09 Å². The Morgan fingerprint density at radius 2 is 1.81 bits per heavy atom. The minimum Gasteiger partial charge on any atom is -0.409 e. The third kappa shape index (κ3) is 6.23. The molecule has 0 unspecified atom stereocenters. The van der Waals surface area contributed by atoms with Gasteiger partial charge < -0.3 is 19.9 Å². The molecule has 0 aliphatic rings. The molecule has 0 fully saturated rings. The average molecular weight is 534 g/mol. The number of sulfonamides is 1. The zero-order valence-corrected chi connectivity index (χ0v) is 21.8. The monoisotopic (exact) mass is 533 g/mol. The molecule has 37 heavy (non-hydrogen) atoms. The van der Waals surface area contributed by atoms with Crippen LogP contribution in [0.4, 0.5) is 36.7 Å². The van der Waals surface area contributed by atoms with E-state index in [4.69, 9.17) is 4.74 Å². The van der Waals surface area contributed by atoms with E-state index in [0.717, 1.165) is 16.4 Å². The number of rotatable bonds is 9. The molecular formula is C24H27F2N6O4S. The van der Waals surface area contributed by atoms with Crippen molar-refractivity contribution < 1.29 is 26.7 Å². The van der Waals surface area contributed by atoms with Crippen LogP contribution in [0, 0.1) is 17.7 Å². The Morgan fingerprint density at radius 3 is 2.43 bits per heavy atom. The standard InChI is InChI=1S/C24H27F2N6O4S/c1-6-32(7-2)23-27-15-20(31(5)37(34,35)21-12-11-16(25)13-19(21)26)22(29-23)28-17-9-8-10-18(14-17)36-24(33)30(3)4/h8-13,15H,6-7H2,1-5H3,(H,27,28,29). The second kappa shape index (κ2) is 11.4. The Kier molecular flexibility index (Phi) is 8.48. The predicted octanol–water partition coefficient (Wildman–Crippen LogP) is 4.03. The van der Waals surface area contributed by atoms with E-state index < -0.39 is 32.6 Å². The molecule has 0 aliphatic carbocycles. The predicted molar refractivity (Wildman–Crippen MR) is 136 cm³/mol. The number of aromatic nitrogens is 2. The fourth-order valence-electron chi connectivity index (χ4n) is 3.20. The first-order chi connectivity index (χ1) is 17.5. The molecule has 1 N–H and O–H groups in total. The highest BCUT2D eigenvalue weighted by molar-refractivity contribution is 7.92. The molecule has 1 heterocycles. The third-order valence-electron chi connectivity index (χ3n) is 5.26. The van der Waals surface area contributed by atoms with Crippen molar-refractivity contribution in [2.45, 2.75) is 18.7 Å². The first-order valence-corrected chi connectivity index (χ1v) is 12.7. The van der Waals surface area contributed by atoms with Gasteiger partial charge in [-0.15, -0.1) is 0 Å². The summed E-state index contributed by atoms with van der Waals surface area (Å²) in [5, 5.41) is 2.99. The topological polar surface area (TPSA) is 108 Å². The molecule has 0 saturated carbocycles. The molecule has 2 aromatic carbocycles. The van der Waals surface area contributed by atoms with Gasteiger partial charge in [0, 0.05) is 40.3 Å². The van der Waals surface area contributed by atoms with E-state index in [9.17, 15) is 22.0 Å². The van der Waals surface area contributed by atoms with E-state index >= 15 is 0 Å². The highest BCUT2D eigenvalue weighted by Crippen LogP contribution is 2.32. The summed E-state index contributed by atoms with van der Waals surface area (Å²) in [4.78, 5) is 23.1. The van der Waals surface area contributed by atoms with Gasteiger partial charge in [0.2, 0.25) is 5.95 Å². The van der Waals surface area contributed by atoms with E-state index in [1.54, 1.807) is 12.1 Å². The Balaban J connectivity index is 2.06. The van der Waals surface area contributed by atoms with Gasteiger partial charge in [0.15, 0.2) is 5.82 Å². The summed E-state index contributed by atoms with van der Waals surface area (Å²) in [7, 11) is -0.184. The number of halogens is 2. The highest BCUT2D eigenvalue weighted by atomic mass is 32.2. The van der Waals surface area contributed by atoms with Crippen molar-refractivity contribution in [3.63, 3.8) is 0 Å². The molecule has 0 saturated heterocycles. The lowest BCUT2D eigenvalue weighted by Gasteiger charge is -2.24. The van der Waals surface area contributed by atoms with Crippen LogP contribution in [-0.4, -0.2) is 63.6 Å². The van der Waals surface area contributed by atoms with E-state index in [1.807, 2.05) is 18.7 Å². The SMILES string of the molecule is CCN(CC)c1ncc(N(C)S(=O)(=O)c2ccc(F)cc2F)c(Nc2[c]c(OC(=O)N(C)C)ccc2)n1. The fourth-order valence-corrected chi connectivity index (χ4v) is 4.43. The number of carbonyl (C=O) groups excluding carboxylic acids is 1. The molecule has 13 heteroatoms. The van der Waals surface area contributed by atoms with Crippen molar-refractivity contribution >= 4 is 39.3 Å². The highest BCUT2D eigenvalue weighted by Gasteiger charge is 2.28. The summed E-state index contributed by atoms with van der Waals surface area (Å²) in [6, 6.07) is 9.84. The summed E-state index contributed by atoms with van der Waals surface area (Å²) in [5.41, 5.74) is 0.303. The van der Waals surface area contributed by atoms with Crippen molar-refractivity contribution in [3.05, 3.63) is 60.3 Å². The van der Waals surface area contributed by atoms with E-state index in [1.165, 1.54) is 38.3 Å². The zero-order valence-electron chi connectivity index (χ0n) is 21.0. The van der Waals surface area contributed by atoms with Crippen LogP contribution in [0.15, 0.2) is 47.5 Å². The number of nitrogens with one attached hydrogen (secondary N) is 1. The van der Waals surface area contributed by atoms with Crippen LogP contribution in [0.1, 0.15) is 13.8 Å². The van der Waals surface area contributed by atoms with Crippen molar-refractivity contribution in [2.75, 3.05) is 48.8 Å². The lowest BCUT2D eigenvalue weighted by Crippen LogP contribution is -2.29. The Labute approximate surface area is 214 Å². The molecule has 0 spiro atoms. The van der Waals surface area contributed by atoms with Gasteiger partial charge in [0.25, 0.3) is 10.0 Å². The lowest BCUT2D eigenvalue weighted by atomic mass is 10.3. The van der Waals surface area contributed by atoms with Crippen molar-refractivity contribution in [3.8, 4) is 5.75 Å². The van der Waals surface area contributed by atoms with E-state index in [2.05, 4.69) is 21.4 Å². The number of benzene rings is 2. The Bertz CT molecular complexity index is 1380. The lowest BCUT2D eigenvalue weighted by molar-refractivity contribution is 0.172. The normalized spacial score (nSPS) is 11.1. The molecular weight excluding hydrogens is 506 g/mol. The molecule has 0 bridgehead atoms. The van der Waals surface area contributed by atoms with Gasteiger partial charge in [0.05, 0.1) is 18.0 Å². The van der Waals surface area contributed by atoms with Crippen LogP contribution in [-0.2, 0) is 10.0 Å². The van der Waals surface area contributed by atoms with Gasteiger partial charge in [0.1, 0.15) is 28.0 Å². The minimum absolute atomic E-state index is 0.0104. The number of nitrogens with zero attached hydrogens (tertiary/aromatic N) is 5. The van der Waals surface area contributed by atoms with Gasteiger partial charge in [-0.25, -0.2) is 27.0 Å². The van der Waals surface area contributed by atoms with Crippen LogP contribution in [0.3, 0.4) is 0 Å². The van der Waals surface area contributed by atoms with Crippen molar-refractivity contribution in [2.24, 2.45) is 0 Å². The molecule has 0 atom stereocenters. The second-order valence-electron chi connectivity index (χ2n) is 7.94. The number of hydrogen-bond donors (Lipinski definition) is 1. The summed E-state index contributed by atoms with van der Waals surface area (Å²) in [6.07, 6.45) is 0.685. The number of amides is 1. The number of carbonyl (C=O) groups is 1. The fraction of sp³-hybridized carbons (Fsp3) is 0.292. The first-order valence-electron chi connectivity index (χ1n) is 11.2. The third-order valence-corrected chi connectivity index (χ3v) is 7.06. The molecule has 1 amide bonds. The van der Waals surface area contributed by atoms with Crippen molar-refractivity contribution in [1.29, 1.82) is 0 Å². The number of hydrogen-bond acceptors (Lipinski definition) is 8. The molecule has 10 nitrogen and oxygen atoms in total. The average Bonchev–Trinajstić information content (AvgIpc) is 2.84. The summed E-state index contributed by atoms with van der Waals surface area (Å²) in [6.45, 7) is 5.01. The van der Waals surface area contributed by atoms with E-state index in [0.29, 0.717) is 30.8 Å². The quantitative estimate of drug-likeness (QED) is 0.439. The van der Waals surface area contributed by atoms with Gasteiger partial charge in [-0.1, -0.05) is 6.07 Å². The van der Waals surface area contributed by atoms with Gasteiger partial charge in [-0.3, -0.25) is 4.31 Å². The first kappa shape index (κ1) is 27.6. The maximum atomic E-state index is 14.4. The maximum Gasteiger partial charge on any atom is 0.414 e. The number of anilines is 4. The largest absolute Gasteiger partial charge is 0.414 e. The van der Waals surface area contributed by atoms with Crippen LogP contribution in [0.2, 0.25) is 0 Å². The molecule has 197 valence electrons. The van der Waals surface area contributed by atoms with Crippen LogP contribution in [0.5, 0.6) is 5.75 Å². The van der Waals surface area contributed by atoms with Gasteiger partial charge in [-0.05, 0) is 38.1 Å². The smallest absolute Gasteiger partial charge is 0.409 e. The molecule has 1 radical (unpaired) electrons. The van der Waals surface area contributed by atoms with Crippen LogP contribution < -0.4 is 19.3 Å². The summed E-state index contributed by atoms with van der Waals surface area (Å²) < 4.78 is 60.3. The molecule has 0 aliphatic heterocycles. The maximum absolute atomic E-state index is 14.4. The van der Waals surface area contributed by atoms with Crippen molar-refractivity contribution in [1.82, 2.24) is 14.9 Å². The van der Waals surface area contributed by atoms with Crippen LogP contribution >= 0.6 is 0 Å². The minimum atomic E-state index is -4.46. The second-order valence-corrected chi connectivity index (χ2v) is 9.88. The summed E-state index contributed by atoms with van der Waals surface area (Å²) >= 11 is 0. The molecule has 3 rings (SSSR count). The Hall–Kier alpha value is -4.00. The van der Waals surface area contributed by atoms with Crippen LogP contribution in [0.25, 0.3) is 0 Å². The summed E-state index contributed by atoms with van der Waals surface area (Å²) in [5.74, 6) is -1.62. The van der Waals surface area contributed by atoms with Gasteiger partial charge in [-0.2, -0.15) is 4.98 Å². The Morgan fingerprint density at radius 1 is 1.11 bits per heavy atom. The zero-order chi connectivity index (χ0) is 27.3. The number of ether oxygens (including phenoxy) is 1. The van der Waals surface area contributed by atoms with E-state index in [-0.39, 0.29) is 17.3 Å². The molecule has 3 aromatic rings. The molecule has 1 aromatic heterocycles.